The zero-order valence-electron chi connectivity index (χ0n) is 16.8. The van der Waals surface area contributed by atoms with Crippen LogP contribution in [0.3, 0.4) is 0 Å². The highest BCUT2D eigenvalue weighted by molar-refractivity contribution is 7.91. The molecule has 4 rings (SSSR count). The third-order valence-corrected chi connectivity index (χ3v) is 8.58. The van der Waals surface area contributed by atoms with Gasteiger partial charge in [-0.05, 0) is 47.5 Å². The Balaban J connectivity index is 1.77. The summed E-state index contributed by atoms with van der Waals surface area (Å²) in [5, 5.41) is 19.5. The van der Waals surface area contributed by atoms with Gasteiger partial charge in [0, 0.05) is 10.8 Å². The number of fused-ring (bicyclic) bond motifs is 1. The molecule has 0 saturated heterocycles. The van der Waals surface area contributed by atoms with Gasteiger partial charge >= 0.3 is 0 Å². The Morgan fingerprint density at radius 2 is 0.844 bits per heavy atom. The summed E-state index contributed by atoms with van der Waals surface area (Å²) in [5.74, 6) is -0.479. The predicted octanol–water partition coefficient (Wildman–Crippen LogP) is 4.20. The Morgan fingerprint density at radius 1 is 0.500 bits per heavy atom. The van der Waals surface area contributed by atoms with Gasteiger partial charge in [-0.15, -0.1) is 0 Å². The van der Waals surface area contributed by atoms with Crippen molar-refractivity contribution in [3.05, 3.63) is 96.1 Å². The molecule has 0 amide bonds. The molecule has 0 unspecified atom stereocenters. The normalized spacial score (nSPS) is 12.1. The van der Waals surface area contributed by atoms with Crippen molar-refractivity contribution in [1.29, 1.82) is 0 Å². The molecule has 2 N–H and O–H groups in total. The first kappa shape index (κ1) is 21.9. The number of hydrogen-bond donors (Lipinski definition) is 2. The highest BCUT2D eigenvalue weighted by Gasteiger charge is 2.23. The summed E-state index contributed by atoms with van der Waals surface area (Å²) >= 11 is 0. The zero-order chi connectivity index (χ0) is 22.9. The average Bonchev–Trinajstić information content (AvgIpc) is 2.76. The summed E-state index contributed by atoms with van der Waals surface area (Å²) in [6.07, 6.45) is 0. The lowest BCUT2D eigenvalue weighted by atomic mass is 10.1. The fourth-order valence-corrected chi connectivity index (χ4v) is 6.74. The van der Waals surface area contributed by atoms with Crippen LogP contribution in [0.2, 0.25) is 0 Å². The van der Waals surface area contributed by atoms with Crippen molar-refractivity contribution < 1.29 is 27.0 Å². The Hall–Kier alpha value is -3.36. The van der Waals surface area contributed by atoms with Gasteiger partial charge in [0.25, 0.3) is 0 Å². The summed E-state index contributed by atoms with van der Waals surface area (Å²) in [4.78, 5) is 0.0921. The summed E-state index contributed by atoms with van der Waals surface area (Å²) in [7, 11) is -7.57. The largest absolute Gasteiger partial charge is 0.508 e. The number of hydrogen-bond acceptors (Lipinski definition) is 6. The number of aromatic hydroxyl groups is 2. The van der Waals surface area contributed by atoms with Crippen LogP contribution >= 0.6 is 0 Å². The number of phenolic OH excluding ortho intramolecular Hbond substituents is 2. The van der Waals surface area contributed by atoms with E-state index in [1.165, 1.54) is 72.8 Å². The van der Waals surface area contributed by atoms with Crippen LogP contribution in [0, 0.1) is 0 Å². The van der Waals surface area contributed by atoms with E-state index in [2.05, 4.69) is 0 Å². The molecule has 0 aliphatic carbocycles. The van der Waals surface area contributed by atoms with Crippen molar-refractivity contribution in [3.63, 3.8) is 0 Å². The highest BCUT2D eigenvalue weighted by Crippen LogP contribution is 2.32. The summed E-state index contributed by atoms with van der Waals surface area (Å²) < 4.78 is 52.6. The maximum absolute atomic E-state index is 13.1. The molecule has 32 heavy (non-hydrogen) atoms. The zero-order valence-corrected chi connectivity index (χ0v) is 18.5. The third kappa shape index (κ3) is 4.46. The fourth-order valence-electron chi connectivity index (χ4n) is 3.57. The Bertz CT molecular complexity index is 1370. The van der Waals surface area contributed by atoms with E-state index in [1.54, 1.807) is 12.1 Å². The maximum Gasteiger partial charge on any atom is 0.183 e. The lowest BCUT2D eigenvalue weighted by Gasteiger charge is -2.12. The molecule has 0 aliphatic heterocycles. The van der Waals surface area contributed by atoms with E-state index in [9.17, 15) is 27.0 Å². The van der Waals surface area contributed by atoms with Gasteiger partial charge in [-0.2, -0.15) is 0 Å². The van der Waals surface area contributed by atoms with Crippen LogP contribution in [0.5, 0.6) is 11.5 Å². The lowest BCUT2D eigenvalue weighted by Crippen LogP contribution is -2.08. The van der Waals surface area contributed by atoms with Crippen LogP contribution in [0.4, 0.5) is 0 Å². The van der Waals surface area contributed by atoms with Crippen molar-refractivity contribution in [2.75, 3.05) is 0 Å². The number of benzene rings is 4. The van der Waals surface area contributed by atoms with Crippen LogP contribution in [0.1, 0.15) is 11.1 Å². The molecule has 0 aromatic heterocycles. The second-order valence-corrected chi connectivity index (χ2v) is 11.4. The van der Waals surface area contributed by atoms with Crippen LogP contribution in [-0.2, 0) is 31.2 Å². The van der Waals surface area contributed by atoms with E-state index in [-0.39, 0.29) is 32.8 Å². The maximum atomic E-state index is 13.1. The van der Waals surface area contributed by atoms with Crippen molar-refractivity contribution in [1.82, 2.24) is 0 Å². The minimum atomic E-state index is -3.78. The lowest BCUT2D eigenvalue weighted by molar-refractivity contribution is 0.474. The quantitative estimate of drug-likeness (QED) is 0.439. The minimum Gasteiger partial charge on any atom is -0.508 e. The number of rotatable bonds is 6. The van der Waals surface area contributed by atoms with Crippen LogP contribution < -0.4 is 0 Å². The molecule has 6 nitrogen and oxygen atoms in total. The molecule has 0 radical (unpaired) electrons. The Labute approximate surface area is 186 Å². The van der Waals surface area contributed by atoms with E-state index in [4.69, 9.17) is 0 Å². The standard InChI is InChI=1S/C24H20O6S2/c25-19-11-7-17(8-12-19)15-31(27,28)23-5-1-3-21-22(23)4-2-6-24(21)32(29,30)16-18-9-13-20(26)14-10-18/h1-14,25-26H,15-16H2. The van der Waals surface area contributed by atoms with E-state index in [0.29, 0.717) is 21.9 Å². The third-order valence-electron chi connectivity index (χ3n) is 5.10. The first-order valence-corrected chi connectivity index (χ1v) is 13.0. The molecule has 0 aliphatic rings. The average molecular weight is 469 g/mol. The molecule has 0 atom stereocenters. The molecule has 0 spiro atoms. The SMILES string of the molecule is O=S(=O)(Cc1ccc(O)cc1)c1cccc2c(S(=O)(=O)Cc3ccc(O)cc3)cccc12. The van der Waals surface area contributed by atoms with Gasteiger partial charge in [0.1, 0.15) is 11.5 Å². The fraction of sp³-hybridized carbons (Fsp3) is 0.0833. The molecule has 4 aromatic rings. The Morgan fingerprint density at radius 3 is 1.19 bits per heavy atom. The van der Waals surface area contributed by atoms with Crippen LogP contribution in [0.25, 0.3) is 10.8 Å². The van der Waals surface area contributed by atoms with Gasteiger partial charge < -0.3 is 10.2 Å². The molecule has 8 heteroatoms. The predicted molar refractivity (Wildman–Crippen MR) is 122 cm³/mol. The molecule has 0 heterocycles. The molecule has 0 bridgehead atoms. The van der Waals surface area contributed by atoms with Crippen LogP contribution in [0.15, 0.2) is 94.7 Å². The van der Waals surface area contributed by atoms with Gasteiger partial charge in [-0.1, -0.05) is 48.5 Å². The molecular formula is C24H20O6S2. The highest BCUT2D eigenvalue weighted by atomic mass is 32.2. The van der Waals surface area contributed by atoms with Crippen molar-refractivity contribution in [2.24, 2.45) is 0 Å². The molecule has 0 saturated carbocycles. The topological polar surface area (TPSA) is 109 Å². The van der Waals surface area contributed by atoms with Gasteiger partial charge in [0.2, 0.25) is 0 Å². The first-order chi connectivity index (χ1) is 15.2. The summed E-state index contributed by atoms with van der Waals surface area (Å²) in [5.41, 5.74) is 1.02. The van der Waals surface area contributed by atoms with Gasteiger partial charge in [-0.25, -0.2) is 16.8 Å². The van der Waals surface area contributed by atoms with Gasteiger partial charge in [-0.3, -0.25) is 0 Å². The second kappa shape index (κ2) is 8.29. The number of sulfone groups is 2. The Kier molecular flexibility index (Phi) is 5.66. The van der Waals surface area contributed by atoms with Crippen molar-refractivity contribution in [2.45, 2.75) is 21.3 Å². The summed E-state index contributed by atoms with van der Waals surface area (Å²) in [6, 6.07) is 21.0. The van der Waals surface area contributed by atoms with E-state index in [1.807, 2.05) is 0 Å². The van der Waals surface area contributed by atoms with Gasteiger partial charge in [0.15, 0.2) is 19.7 Å². The van der Waals surface area contributed by atoms with Crippen molar-refractivity contribution >= 4 is 30.4 Å². The van der Waals surface area contributed by atoms with Crippen LogP contribution in [-0.4, -0.2) is 27.0 Å². The minimum absolute atomic E-state index is 0.0415. The first-order valence-electron chi connectivity index (χ1n) is 9.69. The molecular weight excluding hydrogens is 448 g/mol. The molecule has 4 aromatic carbocycles. The smallest absolute Gasteiger partial charge is 0.183 e. The number of phenols is 2. The molecule has 164 valence electrons. The second-order valence-electron chi connectivity index (χ2n) is 7.46. The van der Waals surface area contributed by atoms with Gasteiger partial charge in [0.05, 0.1) is 21.3 Å². The van der Waals surface area contributed by atoms with Crippen molar-refractivity contribution in [3.8, 4) is 11.5 Å². The van der Waals surface area contributed by atoms with E-state index in [0.717, 1.165) is 0 Å². The summed E-state index contributed by atoms with van der Waals surface area (Å²) in [6.45, 7) is 0. The monoisotopic (exact) mass is 468 g/mol. The molecule has 0 fully saturated rings. The van der Waals surface area contributed by atoms with E-state index >= 15 is 0 Å². The van der Waals surface area contributed by atoms with E-state index < -0.39 is 19.7 Å².